The Hall–Kier alpha value is -0.820. The van der Waals surface area contributed by atoms with Gasteiger partial charge in [0.2, 0.25) is 0 Å². The average Bonchev–Trinajstić information content (AvgIpc) is 1.59. The predicted molar refractivity (Wildman–Crippen MR) is 31.0 cm³/mol. The van der Waals surface area contributed by atoms with E-state index in [1.54, 1.807) is 0 Å². The van der Waals surface area contributed by atoms with Crippen LogP contribution in [0, 0.1) is 0 Å². The summed E-state index contributed by atoms with van der Waals surface area (Å²) in [5, 5.41) is 3.19. The summed E-state index contributed by atoms with van der Waals surface area (Å²) in [5.41, 5.74) is 2.45. The van der Waals surface area contributed by atoms with Crippen molar-refractivity contribution in [3.05, 3.63) is 0 Å². The molecule has 46 valence electrons. The minimum Gasteiger partial charge on any atom is -0.294 e. The van der Waals surface area contributed by atoms with Crippen molar-refractivity contribution in [1.82, 2.24) is 5.43 Å². The topological polar surface area (TPSA) is 41.5 Å². The highest BCUT2D eigenvalue weighted by Gasteiger charge is 2.05. The zero-order valence-corrected chi connectivity index (χ0v) is 5.36. The van der Waals surface area contributed by atoms with E-state index in [4.69, 9.17) is 0 Å². The number of hydrogen-bond acceptors (Lipinski definition) is 3. The first-order chi connectivity index (χ1) is 3.56. The fourth-order valence-electron chi connectivity index (χ4n) is 0.191. The van der Waals surface area contributed by atoms with Crippen molar-refractivity contribution in [1.29, 1.82) is 0 Å². The van der Waals surface area contributed by atoms with Crippen LogP contribution in [0.15, 0.2) is 5.10 Å². The number of nitrogens with one attached hydrogen (secondary N) is 1. The van der Waals surface area contributed by atoms with Gasteiger partial charge in [-0.3, -0.25) is 5.43 Å². The van der Waals surface area contributed by atoms with Crippen LogP contribution in [0.2, 0.25) is 0 Å². The van der Waals surface area contributed by atoms with Crippen molar-refractivity contribution >= 4 is 6.08 Å². The molecule has 0 atom stereocenters. The van der Waals surface area contributed by atoms with Gasteiger partial charge in [-0.25, -0.2) is 4.79 Å². The second-order valence-electron chi connectivity index (χ2n) is 2.56. The van der Waals surface area contributed by atoms with E-state index in [0.717, 1.165) is 0 Å². The highest BCUT2D eigenvalue weighted by atomic mass is 16.1. The molecule has 0 rings (SSSR count). The number of nitrogens with zero attached hydrogens (tertiary/aromatic N) is 1. The molecule has 3 heteroatoms. The standard InChI is InChI=1S/C5H10N2O/c1-5(2,3)7-6-4-8/h7H,1-3H3. The quantitative estimate of drug-likeness (QED) is 0.308. The largest absolute Gasteiger partial charge is 0.294 e. The predicted octanol–water partition coefficient (Wildman–Crippen LogP) is 0.625. The zero-order chi connectivity index (χ0) is 6.62. The molecule has 0 aliphatic heterocycles. The third-order valence-corrected chi connectivity index (χ3v) is 0.437. The summed E-state index contributed by atoms with van der Waals surface area (Å²) in [6.07, 6.45) is 1.39. The third kappa shape index (κ3) is 5.18. The molecule has 0 aliphatic rings. The highest BCUT2D eigenvalue weighted by Crippen LogP contribution is 1.96. The lowest BCUT2D eigenvalue weighted by atomic mass is 10.1. The van der Waals surface area contributed by atoms with E-state index in [1.807, 2.05) is 20.8 Å². The Morgan fingerprint density at radius 3 is 2.12 bits per heavy atom. The normalized spacial score (nSPS) is 9.88. The Balaban J connectivity index is 3.55. The van der Waals surface area contributed by atoms with Crippen molar-refractivity contribution < 1.29 is 4.79 Å². The number of isocyanates is 1. The lowest BCUT2D eigenvalue weighted by molar-refractivity contribution is 0.436. The second-order valence-corrected chi connectivity index (χ2v) is 2.56. The third-order valence-electron chi connectivity index (χ3n) is 0.437. The first kappa shape index (κ1) is 7.18. The van der Waals surface area contributed by atoms with Crippen LogP contribution in [-0.2, 0) is 4.79 Å². The van der Waals surface area contributed by atoms with Crippen LogP contribution in [0.25, 0.3) is 0 Å². The van der Waals surface area contributed by atoms with Gasteiger partial charge in [-0.2, -0.15) is 0 Å². The summed E-state index contributed by atoms with van der Waals surface area (Å²) in [5.74, 6) is 0. The van der Waals surface area contributed by atoms with Gasteiger partial charge in [-0.1, -0.05) is 5.10 Å². The fraction of sp³-hybridized carbons (Fsp3) is 0.800. The van der Waals surface area contributed by atoms with Crippen molar-refractivity contribution in [2.45, 2.75) is 26.3 Å². The SMILES string of the molecule is CC(C)(C)NN=C=O. The molecule has 0 radical (unpaired) electrons. The Bertz CT molecular complexity index is 108. The van der Waals surface area contributed by atoms with E-state index < -0.39 is 0 Å². The average molecular weight is 114 g/mol. The molecule has 0 aromatic heterocycles. The Morgan fingerprint density at radius 1 is 1.50 bits per heavy atom. The van der Waals surface area contributed by atoms with Crippen LogP contribution in [-0.4, -0.2) is 11.6 Å². The van der Waals surface area contributed by atoms with E-state index in [1.165, 1.54) is 6.08 Å². The van der Waals surface area contributed by atoms with Crippen molar-refractivity contribution in [2.75, 3.05) is 0 Å². The number of hydrogen-bond donors (Lipinski definition) is 1. The first-order valence-corrected chi connectivity index (χ1v) is 2.40. The lowest BCUT2D eigenvalue weighted by Gasteiger charge is -2.14. The van der Waals surface area contributed by atoms with Crippen LogP contribution < -0.4 is 5.43 Å². The molecular formula is C5H10N2O. The molecule has 0 fully saturated rings. The summed E-state index contributed by atoms with van der Waals surface area (Å²) in [7, 11) is 0. The van der Waals surface area contributed by atoms with Gasteiger partial charge in [0.15, 0.2) is 0 Å². The Labute approximate surface area is 48.8 Å². The summed E-state index contributed by atoms with van der Waals surface area (Å²) in [6, 6.07) is 0. The van der Waals surface area contributed by atoms with Crippen LogP contribution in [0.4, 0.5) is 0 Å². The molecule has 0 bridgehead atoms. The van der Waals surface area contributed by atoms with Crippen LogP contribution in [0.3, 0.4) is 0 Å². The van der Waals surface area contributed by atoms with Gasteiger partial charge in [0, 0.05) is 5.54 Å². The van der Waals surface area contributed by atoms with E-state index in [-0.39, 0.29) is 5.54 Å². The van der Waals surface area contributed by atoms with Crippen LogP contribution in [0.1, 0.15) is 20.8 Å². The fourth-order valence-corrected chi connectivity index (χ4v) is 0.191. The highest BCUT2D eigenvalue weighted by molar-refractivity contribution is 5.32. The van der Waals surface area contributed by atoms with Crippen LogP contribution in [0.5, 0.6) is 0 Å². The van der Waals surface area contributed by atoms with Crippen molar-refractivity contribution in [3.8, 4) is 0 Å². The van der Waals surface area contributed by atoms with E-state index in [2.05, 4.69) is 10.5 Å². The van der Waals surface area contributed by atoms with Crippen molar-refractivity contribution in [2.24, 2.45) is 5.10 Å². The monoisotopic (exact) mass is 114 g/mol. The molecule has 3 nitrogen and oxygen atoms in total. The number of rotatable bonds is 1. The molecule has 1 N–H and O–H groups in total. The zero-order valence-electron chi connectivity index (χ0n) is 5.36. The minimum absolute atomic E-state index is 0.128. The maximum absolute atomic E-state index is 9.50. The molecule has 0 saturated carbocycles. The smallest absolute Gasteiger partial charge is 0.258 e. The van der Waals surface area contributed by atoms with Crippen molar-refractivity contribution in [3.63, 3.8) is 0 Å². The van der Waals surface area contributed by atoms with Gasteiger partial charge in [-0.05, 0) is 20.8 Å². The summed E-state index contributed by atoms with van der Waals surface area (Å²) in [6.45, 7) is 5.73. The van der Waals surface area contributed by atoms with Gasteiger partial charge >= 0.3 is 0 Å². The minimum atomic E-state index is -0.128. The number of carbonyl (C=O) groups excluding carboxylic acids is 1. The summed E-state index contributed by atoms with van der Waals surface area (Å²) in [4.78, 5) is 9.50. The Morgan fingerprint density at radius 2 is 2.00 bits per heavy atom. The van der Waals surface area contributed by atoms with Gasteiger partial charge in [0.25, 0.3) is 6.08 Å². The molecule has 0 aliphatic carbocycles. The first-order valence-electron chi connectivity index (χ1n) is 2.40. The molecule has 0 heterocycles. The molecule has 0 saturated heterocycles. The Kier molecular flexibility index (Phi) is 2.22. The molecule has 0 aromatic rings. The summed E-state index contributed by atoms with van der Waals surface area (Å²) < 4.78 is 0. The van der Waals surface area contributed by atoms with Gasteiger partial charge in [0.1, 0.15) is 0 Å². The van der Waals surface area contributed by atoms with Gasteiger partial charge in [-0.15, -0.1) is 0 Å². The van der Waals surface area contributed by atoms with E-state index >= 15 is 0 Å². The van der Waals surface area contributed by atoms with Gasteiger partial charge < -0.3 is 0 Å². The van der Waals surface area contributed by atoms with E-state index in [9.17, 15) is 4.79 Å². The molecular weight excluding hydrogens is 104 g/mol. The molecule has 0 spiro atoms. The van der Waals surface area contributed by atoms with E-state index in [0.29, 0.717) is 0 Å². The molecule has 0 unspecified atom stereocenters. The number of hydrazone groups is 1. The van der Waals surface area contributed by atoms with Crippen LogP contribution >= 0.6 is 0 Å². The molecule has 0 amide bonds. The lowest BCUT2D eigenvalue weighted by Crippen LogP contribution is -2.30. The molecule has 8 heavy (non-hydrogen) atoms. The maximum atomic E-state index is 9.50. The maximum Gasteiger partial charge on any atom is 0.258 e. The van der Waals surface area contributed by atoms with Gasteiger partial charge in [0.05, 0.1) is 0 Å². The molecule has 0 aromatic carbocycles. The second kappa shape index (κ2) is 2.48. The summed E-state index contributed by atoms with van der Waals surface area (Å²) >= 11 is 0.